The number of hydrogen-bond acceptors (Lipinski definition) is 4. The van der Waals surface area contributed by atoms with Gasteiger partial charge in [0.05, 0.1) is 14.2 Å². The van der Waals surface area contributed by atoms with Gasteiger partial charge >= 0.3 is 6.03 Å². The first-order valence-corrected chi connectivity index (χ1v) is 10.2. The molecule has 154 valence electrons. The Bertz CT molecular complexity index is 666. The number of amides is 3. The van der Waals surface area contributed by atoms with Crippen LogP contribution in [0.2, 0.25) is 0 Å². The predicted molar refractivity (Wildman–Crippen MR) is 108 cm³/mol. The van der Waals surface area contributed by atoms with Crippen LogP contribution in [0.5, 0.6) is 11.5 Å². The topological polar surface area (TPSA) is 71.1 Å². The summed E-state index contributed by atoms with van der Waals surface area (Å²) in [6, 6.07) is 5.49. The molecule has 0 bridgehead atoms. The number of carbonyl (C=O) groups excluding carboxylic acids is 2. The highest BCUT2D eigenvalue weighted by Gasteiger charge is 2.28. The highest BCUT2D eigenvalue weighted by molar-refractivity contribution is 5.91. The molecule has 0 saturated carbocycles. The summed E-state index contributed by atoms with van der Waals surface area (Å²) < 4.78 is 10.5. The lowest BCUT2D eigenvalue weighted by molar-refractivity contribution is -0.116. The van der Waals surface area contributed by atoms with Gasteiger partial charge in [0.2, 0.25) is 5.91 Å². The fraction of sp³-hybridized carbons (Fsp3) is 0.619. The van der Waals surface area contributed by atoms with E-state index in [1.807, 2.05) is 9.80 Å². The van der Waals surface area contributed by atoms with Crippen molar-refractivity contribution in [2.24, 2.45) is 5.92 Å². The van der Waals surface area contributed by atoms with Crippen molar-refractivity contribution in [1.82, 2.24) is 9.80 Å². The summed E-state index contributed by atoms with van der Waals surface area (Å²) in [6.45, 7) is 3.36. The van der Waals surface area contributed by atoms with Gasteiger partial charge in [-0.3, -0.25) is 4.79 Å². The van der Waals surface area contributed by atoms with Gasteiger partial charge in [-0.25, -0.2) is 4.79 Å². The van der Waals surface area contributed by atoms with Crippen LogP contribution in [0.4, 0.5) is 10.5 Å². The zero-order valence-electron chi connectivity index (χ0n) is 16.9. The van der Waals surface area contributed by atoms with E-state index in [4.69, 9.17) is 9.47 Å². The Balaban J connectivity index is 1.48. The molecule has 0 spiro atoms. The number of nitrogens with one attached hydrogen (secondary N) is 1. The first-order chi connectivity index (χ1) is 13.6. The monoisotopic (exact) mass is 389 g/mol. The maximum atomic E-state index is 12.6. The molecule has 0 radical (unpaired) electrons. The molecule has 2 saturated heterocycles. The van der Waals surface area contributed by atoms with Crippen molar-refractivity contribution in [3.05, 3.63) is 18.2 Å². The fourth-order valence-corrected chi connectivity index (χ4v) is 4.02. The van der Waals surface area contributed by atoms with Crippen molar-refractivity contribution in [1.29, 1.82) is 0 Å². The van der Waals surface area contributed by atoms with E-state index in [0.717, 1.165) is 58.3 Å². The summed E-state index contributed by atoms with van der Waals surface area (Å²) >= 11 is 0. The molecule has 2 aliphatic rings. The van der Waals surface area contributed by atoms with Crippen LogP contribution in [-0.4, -0.2) is 62.1 Å². The van der Waals surface area contributed by atoms with Gasteiger partial charge in [0.15, 0.2) is 0 Å². The Kier molecular flexibility index (Phi) is 7.01. The van der Waals surface area contributed by atoms with Gasteiger partial charge < -0.3 is 24.6 Å². The van der Waals surface area contributed by atoms with Gasteiger partial charge in [-0.2, -0.15) is 0 Å². The lowest BCUT2D eigenvalue weighted by atomic mass is 9.93. The van der Waals surface area contributed by atoms with Crippen molar-refractivity contribution >= 4 is 17.6 Å². The Morgan fingerprint density at radius 2 is 1.64 bits per heavy atom. The SMILES string of the molecule is COc1cc(NC(=O)CC[C@H]2CCCN(C(=O)N3CCCC3)C2)cc(OC)c1. The molecule has 1 atom stereocenters. The van der Waals surface area contributed by atoms with E-state index in [1.165, 1.54) is 0 Å². The Morgan fingerprint density at radius 1 is 1.00 bits per heavy atom. The highest BCUT2D eigenvalue weighted by Crippen LogP contribution is 2.27. The summed E-state index contributed by atoms with van der Waals surface area (Å²) in [5.74, 6) is 1.63. The molecule has 2 heterocycles. The van der Waals surface area contributed by atoms with E-state index in [-0.39, 0.29) is 11.9 Å². The second-order valence-electron chi connectivity index (χ2n) is 7.62. The van der Waals surface area contributed by atoms with Gasteiger partial charge in [-0.1, -0.05) is 0 Å². The molecular formula is C21H31N3O4. The van der Waals surface area contributed by atoms with E-state index in [0.29, 0.717) is 29.5 Å². The van der Waals surface area contributed by atoms with Gasteiger partial charge in [0.1, 0.15) is 11.5 Å². The van der Waals surface area contributed by atoms with E-state index in [2.05, 4.69) is 5.32 Å². The summed E-state index contributed by atoms with van der Waals surface area (Å²) in [5, 5.41) is 2.92. The molecule has 3 amide bonds. The second kappa shape index (κ2) is 9.66. The minimum atomic E-state index is -0.0294. The van der Waals surface area contributed by atoms with Gasteiger partial charge in [-0.05, 0) is 38.0 Å². The van der Waals surface area contributed by atoms with Crippen molar-refractivity contribution in [3.8, 4) is 11.5 Å². The molecule has 7 nitrogen and oxygen atoms in total. The number of carbonyl (C=O) groups is 2. The number of nitrogens with zero attached hydrogens (tertiary/aromatic N) is 2. The highest BCUT2D eigenvalue weighted by atomic mass is 16.5. The van der Waals surface area contributed by atoms with Crippen molar-refractivity contribution in [2.75, 3.05) is 45.7 Å². The number of benzene rings is 1. The third kappa shape index (κ3) is 5.30. The summed E-state index contributed by atoms with van der Waals surface area (Å²) in [7, 11) is 3.16. The molecule has 3 rings (SSSR count). The number of hydrogen-bond donors (Lipinski definition) is 1. The fourth-order valence-electron chi connectivity index (χ4n) is 4.02. The molecule has 0 aliphatic carbocycles. The average Bonchev–Trinajstić information content (AvgIpc) is 3.26. The van der Waals surface area contributed by atoms with Crippen LogP contribution in [-0.2, 0) is 4.79 Å². The average molecular weight is 389 g/mol. The second-order valence-corrected chi connectivity index (χ2v) is 7.62. The molecule has 7 heteroatoms. The van der Waals surface area contributed by atoms with Gasteiger partial charge in [0.25, 0.3) is 0 Å². The molecule has 2 fully saturated rings. The zero-order chi connectivity index (χ0) is 19.9. The molecule has 0 unspecified atom stereocenters. The molecule has 1 aromatic rings. The Hall–Kier alpha value is -2.44. The molecule has 1 aromatic carbocycles. The number of ether oxygens (including phenoxy) is 2. The first kappa shape index (κ1) is 20.3. The smallest absolute Gasteiger partial charge is 0.320 e. The minimum Gasteiger partial charge on any atom is -0.497 e. The number of urea groups is 1. The summed E-state index contributed by atoms with van der Waals surface area (Å²) in [6.07, 6.45) is 5.53. The normalized spacial score (nSPS) is 19.4. The molecule has 1 N–H and O–H groups in total. The van der Waals surface area contributed by atoms with Gasteiger partial charge in [0, 0.05) is 56.5 Å². The van der Waals surface area contributed by atoms with Crippen LogP contribution in [0, 0.1) is 5.92 Å². The largest absolute Gasteiger partial charge is 0.497 e. The van der Waals surface area contributed by atoms with Crippen LogP contribution < -0.4 is 14.8 Å². The first-order valence-electron chi connectivity index (χ1n) is 10.2. The van der Waals surface area contributed by atoms with Gasteiger partial charge in [-0.15, -0.1) is 0 Å². The third-order valence-electron chi connectivity index (χ3n) is 5.58. The van der Waals surface area contributed by atoms with E-state index in [9.17, 15) is 9.59 Å². The maximum absolute atomic E-state index is 12.6. The quantitative estimate of drug-likeness (QED) is 0.810. The molecule has 2 aliphatic heterocycles. The van der Waals surface area contributed by atoms with Crippen LogP contribution in [0.1, 0.15) is 38.5 Å². The zero-order valence-corrected chi connectivity index (χ0v) is 16.9. The lowest BCUT2D eigenvalue weighted by Gasteiger charge is -2.35. The van der Waals surface area contributed by atoms with Crippen LogP contribution in [0.25, 0.3) is 0 Å². The number of likely N-dealkylation sites (tertiary alicyclic amines) is 2. The summed E-state index contributed by atoms with van der Waals surface area (Å²) in [4.78, 5) is 28.9. The number of rotatable bonds is 6. The minimum absolute atomic E-state index is 0.0294. The Labute approximate surface area is 167 Å². The maximum Gasteiger partial charge on any atom is 0.320 e. The standard InChI is InChI=1S/C21H31N3O4/c1-27-18-12-17(13-19(14-18)28-2)22-20(25)8-7-16-6-5-11-24(15-16)21(26)23-9-3-4-10-23/h12-14,16H,3-11,15H2,1-2H3,(H,22,25)/t16-/m1/s1. The lowest BCUT2D eigenvalue weighted by Crippen LogP contribution is -2.46. The molecule has 28 heavy (non-hydrogen) atoms. The van der Waals surface area contributed by atoms with Crippen LogP contribution in [0.15, 0.2) is 18.2 Å². The Morgan fingerprint density at radius 3 is 2.29 bits per heavy atom. The molecule has 0 aromatic heterocycles. The number of piperidine rings is 1. The third-order valence-corrected chi connectivity index (χ3v) is 5.58. The van der Waals surface area contributed by atoms with Crippen LogP contribution in [0.3, 0.4) is 0 Å². The van der Waals surface area contributed by atoms with Crippen molar-refractivity contribution < 1.29 is 19.1 Å². The van der Waals surface area contributed by atoms with E-state index < -0.39 is 0 Å². The van der Waals surface area contributed by atoms with Crippen LogP contribution >= 0.6 is 0 Å². The number of methoxy groups -OCH3 is 2. The molecular weight excluding hydrogens is 358 g/mol. The van der Waals surface area contributed by atoms with E-state index in [1.54, 1.807) is 32.4 Å². The number of anilines is 1. The predicted octanol–water partition coefficient (Wildman–Crippen LogP) is 3.35. The van der Waals surface area contributed by atoms with Crippen molar-refractivity contribution in [2.45, 2.75) is 38.5 Å². The van der Waals surface area contributed by atoms with Crippen molar-refractivity contribution in [3.63, 3.8) is 0 Å². The summed E-state index contributed by atoms with van der Waals surface area (Å²) in [5.41, 5.74) is 0.663. The van der Waals surface area contributed by atoms with E-state index >= 15 is 0 Å².